The monoisotopic (exact) mass is 941 g/mol. The fraction of sp³-hybridized carbons (Fsp3) is 0.333. The topological polar surface area (TPSA) is 122 Å². The van der Waals surface area contributed by atoms with Gasteiger partial charge in [-0.05, 0) is 174 Å². The molecule has 1 amide bonds. The number of aliphatic hydroxyl groups is 1. The van der Waals surface area contributed by atoms with Crippen molar-refractivity contribution in [2.75, 3.05) is 27.4 Å². The molecule has 70 heavy (non-hydrogen) atoms. The van der Waals surface area contributed by atoms with E-state index in [1.807, 2.05) is 26.0 Å². The Bertz CT molecular complexity index is 3140. The molecule has 2 atom stereocenters. The van der Waals surface area contributed by atoms with Crippen molar-refractivity contribution >= 4 is 76.5 Å². The van der Waals surface area contributed by atoms with Gasteiger partial charge in [0.05, 0.1) is 65.9 Å². The van der Waals surface area contributed by atoms with E-state index in [0.717, 1.165) is 81.6 Å². The summed E-state index contributed by atoms with van der Waals surface area (Å²) in [5.74, 6) is 0.732. The number of nitrogens with one attached hydrogen (secondary N) is 1. The van der Waals surface area contributed by atoms with Gasteiger partial charge in [-0.3, -0.25) is 9.59 Å². The predicted molar refractivity (Wildman–Crippen MR) is 279 cm³/mol. The van der Waals surface area contributed by atoms with Gasteiger partial charge in [0.1, 0.15) is 11.5 Å². The van der Waals surface area contributed by atoms with Gasteiger partial charge in [-0.25, -0.2) is 0 Å². The quantitative estimate of drug-likeness (QED) is 0.0346. The van der Waals surface area contributed by atoms with Crippen LogP contribution in [0, 0.1) is 5.92 Å². The third-order valence-corrected chi connectivity index (χ3v) is 13.5. The van der Waals surface area contributed by atoms with Crippen LogP contribution >= 0.6 is 0 Å². The lowest BCUT2D eigenvalue weighted by molar-refractivity contribution is -0.145. The molecular weight excluding hydrogens is 879 g/mol. The van der Waals surface area contributed by atoms with Gasteiger partial charge < -0.3 is 38.8 Å². The Morgan fingerprint density at radius 1 is 0.529 bits per heavy atom. The van der Waals surface area contributed by atoms with E-state index in [-0.39, 0.29) is 43.7 Å². The van der Waals surface area contributed by atoms with Crippen LogP contribution in [0.2, 0.25) is 0 Å². The first kappa shape index (κ1) is 48.5. The summed E-state index contributed by atoms with van der Waals surface area (Å²) >= 11 is 0. The molecule has 0 saturated heterocycles. The number of ether oxygens (including phenoxy) is 6. The van der Waals surface area contributed by atoms with Crippen molar-refractivity contribution < 1.29 is 43.1 Å². The van der Waals surface area contributed by atoms with Crippen LogP contribution in [0.3, 0.4) is 0 Å². The molecule has 0 heterocycles. The van der Waals surface area contributed by atoms with Gasteiger partial charge in [-0.2, -0.15) is 0 Å². The predicted octanol–water partition coefficient (Wildman–Crippen LogP) is 12.6. The summed E-state index contributed by atoms with van der Waals surface area (Å²) < 4.78 is 36.6. The fourth-order valence-corrected chi connectivity index (χ4v) is 10.2. The molecule has 10 heteroatoms. The van der Waals surface area contributed by atoms with Crippen LogP contribution in [-0.2, 0) is 68.2 Å². The van der Waals surface area contributed by atoms with E-state index in [9.17, 15) is 14.7 Å². The Morgan fingerprint density at radius 3 is 1.37 bits per heavy atom. The molecule has 0 bridgehead atoms. The van der Waals surface area contributed by atoms with E-state index >= 15 is 0 Å². The average molecular weight is 942 g/mol. The number of carbonyl (C=O) groups excluding carboxylic acids is 2. The zero-order valence-corrected chi connectivity index (χ0v) is 41.0. The molecule has 2 N–H and O–H groups in total. The molecule has 0 spiro atoms. The zero-order chi connectivity index (χ0) is 48.7. The van der Waals surface area contributed by atoms with E-state index in [2.05, 4.69) is 102 Å². The number of hydrogen-bond donors (Lipinski definition) is 2. The number of unbranched alkanes of at least 4 members (excludes halogenated alkanes) is 3. The minimum atomic E-state index is -0.336. The van der Waals surface area contributed by atoms with E-state index in [1.165, 1.54) is 55.8 Å². The summed E-state index contributed by atoms with van der Waals surface area (Å²) in [6, 6.07) is 38.7. The molecule has 0 fully saturated rings. The smallest absolute Gasteiger partial charge is 0.308 e. The third kappa shape index (κ3) is 10.9. The number of aliphatic hydroxyl groups excluding tert-OH is 1. The van der Waals surface area contributed by atoms with Crippen LogP contribution in [0.4, 0.5) is 0 Å². The molecule has 0 aromatic heterocycles. The molecule has 0 radical (unpaired) electrons. The molecule has 9 rings (SSSR count). The van der Waals surface area contributed by atoms with Gasteiger partial charge in [0.25, 0.3) is 0 Å². The van der Waals surface area contributed by atoms with Gasteiger partial charge in [0.2, 0.25) is 5.91 Å². The molecule has 0 saturated carbocycles. The van der Waals surface area contributed by atoms with E-state index < -0.39 is 0 Å². The number of methoxy groups -OCH3 is 2. The lowest BCUT2D eigenvalue weighted by Crippen LogP contribution is -2.22. The number of carbonyl (C=O) groups is 2. The lowest BCUT2D eigenvalue weighted by Gasteiger charge is -2.22. The second-order valence-corrected chi connectivity index (χ2v) is 18.9. The Hall–Kier alpha value is -6.56. The fourth-order valence-electron chi connectivity index (χ4n) is 10.2. The maximum atomic E-state index is 12.4. The number of benzene rings is 9. The molecule has 10 nitrogen and oxygen atoms in total. The van der Waals surface area contributed by atoms with Gasteiger partial charge in [-0.1, -0.05) is 68.3 Å². The van der Waals surface area contributed by atoms with Crippen LogP contribution in [0.25, 0.3) is 64.6 Å². The summed E-state index contributed by atoms with van der Waals surface area (Å²) in [7, 11) is 3.07. The zero-order valence-electron chi connectivity index (χ0n) is 41.0. The molecule has 2 unspecified atom stereocenters. The highest BCUT2D eigenvalue weighted by atomic mass is 16.5. The summed E-state index contributed by atoms with van der Waals surface area (Å²) in [6.07, 6.45) is 4.34. The molecular formula is C60H63NO9. The molecule has 9 aromatic rings. The maximum Gasteiger partial charge on any atom is 0.308 e. The van der Waals surface area contributed by atoms with Gasteiger partial charge in [0.15, 0.2) is 0 Å². The molecule has 0 aliphatic carbocycles. The highest BCUT2D eigenvalue weighted by molar-refractivity contribution is 6.24. The van der Waals surface area contributed by atoms with Crippen molar-refractivity contribution in [2.45, 2.75) is 98.6 Å². The van der Waals surface area contributed by atoms with Gasteiger partial charge >= 0.3 is 5.97 Å². The molecule has 9 aromatic carbocycles. The second-order valence-electron chi connectivity index (χ2n) is 18.9. The first-order valence-corrected chi connectivity index (χ1v) is 24.5. The summed E-state index contributed by atoms with van der Waals surface area (Å²) in [6.45, 7) is 8.73. The standard InChI is InChI=1S/C60H63NO9/c1-37(60(64)66-5)20-38(2)70-55-30-52(35-68-33-42-25-48-12-10-44-21-40(31-62)22-45-11-13-49(26-42)57(48)56(44)45)54(65-4)29-53(55)36-69-34-43-27-50-16-14-46-23-41(24-47-15-17-51(28-43)59(50)58(46)47)32-67-19-9-7-6-8-18-61-39(3)63/h10-17,21-30,37-38,62H,6-9,18-20,31-36H2,1-5H3,(H,61,63). The molecule has 0 aliphatic rings. The Morgan fingerprint density at radius 2 is 0.943 bits per heavy atom. The van der Waals surface area contributed by atoms with Crippen molar-refractivity contribution in [1.82, 2.24) is 5.32 Å². The van der Waals surface area contributed by atoms with Gasteiger partial charge in [0, 0.05) is 31.2 Å². The van der Waals surface area contributed by atoms with Crippen LogP contribution in [0.15, 0.2) is 109 Å². The van der Waals surface area contributed by atoms with Crippen molar-refractivity contribution in [3.63, 3.8) is 0 Å². The summed E-state index contributed by atoms with van der Waals surface area (Å²) in [5.41, 5.74) is 5.86. The largest absolute Gasteiger partial charge is 0.496 e. The first-order valence-electron chi connectivity index (χ1n) is 24.5. The second kappa shape index (κ2) is 22.0. The SMILES string of the molecule is COC(=O)C(C)CC(C)Oc1cc(COCc2cc3ccc4cc(CO)cc5ccc(c2)c3c45)c(OC)cc1COCc1cc2ccc3cc(COCCCCCCNC(C)=O)cc4ccc(c1)c2c34. The average Bonchev–Trinajstić information content (AvgIpc) is 3.36. The Balaban J connectivity index is 0.878. The molecule has 0 aliphatic heterocycles. The van der Waals surface area contributed by atoms with Crippen molar-refractivity contribution in [1.29, 1.82) is 0 Å². The first-order chi connectivity index (χ1) is 34.1. The number of esters is 1. The van der Waals surface area contributed by atoms with E-state index in [0.29, 0.717) is 44.3 Å². The number of amides is 1. The summed E-state index contributed by atoms with van der Waals surface area (Å²) in [5, 5.41) is 26.9. The highest BCUT2D eigenvalue weighted by Gasteiger charge is 2.21. The lowest BCUT2D eigenvalue weighted by atomic mass is 9.92. The van der Waals surface area contributed by atoms with Crippen LogP contribution in [0.5, 0.6) is 11.5 Å². The van der Waals surface area contributed by atoms with Crippen LogP contribution < -0.4 is 14.8 Å². The number of rotatable bonds is 24. The maximum absolute atomic E-state index is 12.4. The van der Waals surface area contributed by atoms with E-state index in [4.69, 9.17) is 28.4 Å². The summed E-state index contributed by atoms with van der Waals surface area (Å²) in [4.78, 5) is 23.4. The Kier molecular flexibility index (Phi) is 15.3. The van der Waals surface area contributed by atoms with Crippen molar-refractivity contribution in [3.05, 3.63) is 143 Å². The van der Waals surface area contributed by atoms with Crippen LogP contribution in [0.1, 0.15) is 86.3 Å². The Labute approximate surface area is 409 Å². The van der Waals surface area contributed by atoms with Gasteiger partial charge in [-0.15, -0.1) is 0 Å². The minimum absolute atomic E-state index is 0.0110. The minimum Gasteiger partial charge on any atom is -0.496 e. The third-order valence-electron chi connectivity index (χ3n) is 13.5. The normalized spacial score (nSPS) is 12.8. The van der Waals surface area contributed by atoms with Crippen molar-refractivity contribution in [3.8, 4) is 11.5 Å². The molecule has 362 valence electrons. The van der Waals surface area contributed by atoms with Crippen LogP contribution in [-0.4, -0.2) is 50.5 Å². The van der Waals surface area contributed by atoms with E-state index in [1.54, 1.807) is 14.0 Å². The van der Waals surface area contributed by atoms with Crippen molar-refractivity contribution in [2.24, 2.45) is 5.92 Å². The number of hydrogen-bond acceptors (Lipinski definition) is 9. The highest BCUT2D eigenvalue weighted by Crippen LogP contribution is 2.39.